The number of carbonyl (C=O) groups is 2. The number of hydrogen-bond donors (Lipinski definition) is 3. The van der Waals surface area contributed by atoms with Gasteiger partial charge in [-0.3, -0.25) is 9.59 Å². The number of benzene rings is 1. The van der Waals surface area contributed by atoms with Crippen molar-refractivity contribution in [3.63, 3.8) is 0 Å². The number of hydrogen-bond acceptors (Lipinski definition) is 3. The number of rotatable bonds is 4. The van der Waals surface area contributed by atoms with E-state index in [1.807, 2.05) is 0 Å². The Balaban J connectivity index is 3.08. The minimum atomic E-state index is -0.760. The average Bonchev–Trinajstić information content (AvgIpc) is 2.33. The molecule has 0 bridgehead atoms. The van der Waals surface area contributed by atoms with Crippen molar-refractivity contribution in [2.24, 2.45) is 11.5 Å². The summed E-state index contributed by atoms with van der Waals surface area (Å²) in [5.41, 5.74) is 11.1. The Hall–Kier alpha value is -1.95. The van der Waals surface area contributed by atoms with Crippen LogP contribution in [0.5, 0.6) is 0 Å². The van der Waals surface area contributed by atoms with Gasteiger partial charge in [-0.25, -0.2) is 4.39 Å². The molecule has 0 aromatic heterocycles. The van der Waals surface area contributed by atoms with E-state index < -0.39 is 23.7 Å². The summed E-state index contributed by atoms with van der Waals surface area (Å²) in [6, 6.07) is 1.69. The number of anilines is 1. The summed E-state index contributed by atoms with van der Waals surface area (Å²) in [5, 5.41) is 2.49. The van der Waals surface area contributed by atoms with E-state index in [4.69, 9.17) is 11.5 Å². The van der Waals surface area contributed by atoms with Crippen LogP contribution in [-0.4, -0.2) is 17.9 Å². The van der Waals surface area contributed by atoms with Crippen LogP contribution < -0.4 is 16.8 Å². The van der Waals surface area contributed by atoms with E-state index in [0.717, 1.165) is 6.07 Å². The molecule has 0 radical (unpaired) electrons. The Labute approximate surface area is 104 Å². The summed E-state index contributed by atoms with van der Waals surface area (Å²) in [4.78, 5) is 22.6. The fourth-order valence-corrected chi connectivity index (χ4v) is 1.36. The Morgan fingerprint density at radius 3 is 2.56 bits per heavy atom. The lowest BCUT2D eigenvalue weighted by Crippen LogP contribution is -2.35. The zero-order chi connectivity index (χ0) is 13.9. The molecule has 1 rings (SSSR count). The minimum absolute atomic E-state index is 0.00142. The molecule has 0 unspecified atom stereocenters. The van der Waals surface area contributed by atoms with Crippen molar-refractivity contribution in [3.05, 3.63) is 29.1 Å². The van der Waals surface area contributed by atoms with Crippen LogP contribution in [0.4, 0.5) is 10.1 Å². The van der Waals surface area contributed by atoms with Crippen LogP contribution >= 0.6 is 0 Å². The fourth-order valence-electron chi connectivity index (χ4n) is 1.36. The fraction of sp³-hybridized carbons (Fsp3) is 0.333. The highest BCUT2D eigenvalue weighted by molar-refractivity contribution is 5.98. The van der Waals surface area contributed by atoms with Gasteiger partial charge in [-0.2, -0.15) is 0 Å². The zero-order valence-electron chi connectivity index (χ0n) is 10.3. The van der Waals surface area contributed by atoms with Gasteiger partial charge in [-0.15, -0.1) is 0 Å². The third-order valence-electron chi connectivity index (χ3n) is 2.66. The minimum Gasteiger partial charge on any atom is -0.366 e. The lowest BCUT2D eigenvalue weighted by molar-refractivity contribution is -0.117. The highest BCUT2D eigenvalue weighted by atomic mass is 19.1. The summed E-state index contributed by atoms with van der Waals surface area (Å²) in [6.07, 6.45) is 0.461. The van der Waals surface area contributed by atoms with Crippen molar-refractivity contribution >= 4 is 17.5 Å². The summed E-state index contributed by atoms with van der Waals surface area (Å²) >= 11 is 0. The molecule has 0 saturated heterocycles. The predicted molar refractivity (Wildman–Crippen MR) is 66.6 cm³/mol. The molecule has 0 spiro atoms. The Morgan fingerprint density at radius 2 is 2.06 bits per heavy atom. The molecule has 0 fully saturated rings. The molecule has 2 amide bonds. The predicted octanol–water partition coefficient (Wildman–Crippen LogP) is 0.909. The summed E-state index contributed by atoms with van der Waals surface area (Å²) in [7, 11) is 0. The van der Waals surface area contributed by atoms with Gasteiger partial charge in [0.25, 0.3) is 0 Å². The van der Waals surface area contributed by atoms with E-state index in [-0.39, 0.29) is 16.8 Å². The van der Waals surface area contributed by atoms with E-state index in [0.29, 0.717) is 6.42 Å². The third kappa shape index (κ3) is 3.04. The first-order valence-corrected chi connectivity index (χ1v) is 5.53. The first-order valence-electron chi connectivity index (χ1n) is 5.53. The molecule has 0 saturated carbocycles. The summed E-state index contributed by atoms with van der Waals surface area (Å²) in [5.74, 6) is -1.79. The molecule has 98 valence electrons. The van der Waals surface area contributed by atoms with Crippen LogP contribution in [0.2, 0.25) is 0 Å². The quantitative estimate of drug-likeness (QED) is 0.743. The van der Waals surface area contributed by atoms with Gasteiger partial charge in [-0.1, -0.05) is 6.92 Å². The van der Waals surface area contributed by atoms with Gasteiger partial charge in [0, 0.05) is 16.8 Å². The van der Waals surface area contributed by atoms with Crippen molar-refractivity contribution in [2.75, 3.05) is 5.32 Å². The zero-order valence-corrected chi connectivity index (χ0v) is 10.3. The molecular weight excluding hydrogens is 237 g/mol. The second-order valence-electron chi connectivity index (χ2n) is 4.00. The maximum atomic E-state index is 13.5. The second-order valence-corrected chi connectivity index (χ2v) is 4.00. The molecule has 1 atom stereocenters. The summed E-state index contributed by atoms with van der Waals surface area (Å²) < 4.78 is 13.5. The molecular formula is C12H16FN3O2. The highest BCUT2D eigenvalue weighted by Crippen LogP contribution is 2.20. The number of amides is 2. The van der Waals surface area contributed by atoms with Crippen molar-refractivity contribution in [1.29, 1.82) is 0 Å². The lowest BCUT2D eigenvalue weighted by atomic mass is 10.1. The van der Waals surface area contributed by atoms with E-state index in [2.05, 4.69) is 5.32 Å². The largest absolute Gasteiger partial charge is 0.366 e. The Bertz CT molecular complexity index is 488. The molecule has 1 aromatic carbocycles. The number of halogens is 1. The number of primary amides is 1. The van der Waals surface area contributed by atoms with Gasteiger partial charge in [0.05, 0.1) is 6.04 Å². The van der Waals surface area contributed by atoms with Crippen LogP contribution in [0.3, 0.4) is 0 Å². The Morgan fingerprint density at radius 1 is 1.44 bits per heavy atom. The molecule has 5 N–H and O–H groups in total. The SMILES string of the molecule is CC[C@@H](N)C(=O)Nc1cc(C(N)=O)cc(F)c1C. The lowest BCUT2D eigenvalue weighted by Gasteiger charge is -2.13. The Kier molecular flexibility index (Phi) is 4.38. The number of nitrogens with two attached hydrogens (primary N) is 2. The molecule has 5 nitrogen and oxygen atoms in total. The van der Waals surface area contributed by atoms with Crippen molar-refractivity contribution in [1.82, 2.24) is 0 Å². The van der Waals surface area contributed by atoms with Gasteiger partial charge < -0.3 is 16.8 Å². The van der Waals surface area contributed by atoms with Gasteiger partial charge in [-0.05, 0) is 25.5 Å². The second kappa shape index (κ2) is 5.59. The van der Waals surface area contributed by atoms with E-state index in [9.17, 15) is 14.0 Å². The molecule has 0 heterocycles. The van der Waals surface area contributed by atoms with Crippen LogP contribution in [0, 0.1) is 12.7 Å². The molecule has 0 aliphatic carbocycles. The molecule has 6 heteroatoms. The maximum absolute atomic E-state index is 13.5. The first kappa shape index (κ1) is 14.1. The normalized spacial score (nSPS) is 12.0. The van der Waals surface area contributed by atoms with Crippen LogP contribution in [0.25, 0.3) is 0 Å². The van der Waals surface area contributed by atoms with Crippen LogP contribution in [0.15, 0.2) is 12.1 Å². The van der Waals surface area contributed by atoms with Crippen LogP contribution in [-0.2, 0) is 4.79 Å². The molecule has 0 aliphatic rings. The third-order valence-corrected chi connectivity index (χ3v) is 2.66. The van der Waals surface area contributed by atoms with Crippen molar-refractivity contribution < 1.29 is 14.0 Å². The number of nitrogens with one attached hydrogen (secondary N) is 1. The molecule has 1 aromatic rings. The van der Waals surface area contributed by atoms with E-state index in [1.165, 1.54) is 13.0 Å². The number of carbonyl (C=O) groups excluding carboxylic acids is 2. The van der Waals surface area contributed by atoms with Gasteiger partial charge in [0.15, 0.2) is 0 Å². The molecule has 0 aliphatic heterocycles. The topological polar surface area (TPSA) is 98.2 Å². The van der Waals surface area contributed by atoms with Gasteiger partial charge >= 0.3 is 0 Å². The average molecular weight is 253 g/mol. The van der Waals surface area contributed by atoms with Gasteiger partial charge in [0.2, 0.25) is 11.8 Å². The highest BCUT2D eigenvalue weighted by Gasteiger charge is 2.15. The van der Waals surface area contributed by atoms with Crippen molar-refractivity contribution in [3.8, 4) is 0 Å². The van der Waals surface area contributed by atoms with Crippen LogP contribution in [0.1, 0.15) is 29.3 Å². The standard InChI is InChI=1S/C12H16FN3O2/c1-3-9(14)12(18)16-10-5-7(11(15)17)4-8(13)6(10)2/h4-5,9H,3,14H2,1-2H3,(H2,15,17)(H,16,18)/t9-/m1/s1. The smallest absolute Gasteiger partial charge is 0.248 e. The first-order chi connectivity index (χ1) is 8.36. The van der Waals surface area contributed by atoms with E-state index in [1.54, 1.807) is 6.92 Å². The summed E-state index contributed by atoms with van der Waals surface area (Å²) in [6.45, 7) is 3.25. The van der Waals surface area contributed by atoms with Gasteiger partial charge in [0.1, 0.15) is 5.82 Å². The molecule has 18 heavy (non-hydrogen) atoms. The van der Waals surface area contributed by atoms with E-state index >= 15 is 0 Å². The monoisotopic (exact) mass is 253 g/mol. The maximum Gasteiger partial charge on any atom is 0.248 e. The van der Waals surface area contributed by atoms with Crippen molar-refractivity contribution in [2.45, 2.75) is 26.3 Å².